The molecule has 1 aliphatic carbocycles. The molecule has 1 aliphatic rings. The summed E-state index contributed by atoms with van der Waals surface area (Å²) in [6, 6.07) is 1.40. The first kappa shape index (κ1) is 11.2. The second-order valence-corrected chi connectivity index (χ2v) is 4.56. The number of rotatable bonds is 4. The fourth-order valence-corrected chi connectivity index (χ4v) is 1.90. The maximum atomic E-state index is 10.8. The van der Waals surface area contributed by atoms with E-state index in [1.54, 1.807) is 0 Å². The number of carboxylic acids is 1. The molecular formula is C11H13ClN2O2. The molecular weight excluding hydrogens is 228 g/mol. The van der Waals surface area contributed by atoms with Gasteiger partial charge >= 0.3 is 5.97 Å². The molecule has 4 nitrogen and oxygen atoms in total. The zero-order valence-electron chi connectivity index (χ0n) is 8.90. The van der Waals surface area contributed by atoms with Crippen molar-refractivity contribution in [1.82, 2.24) is 4.98 Å². The van der Waals surface area contributed by atoms with E-state index < -0.39 is 5.97 Å². The number of hydrogen-bond acceptors (Lipinski definition) is 3. The fraction of sp³-hybridized carbons (Fsp3) is 0.455. The molecule has 1 fully saturated rings. The highest BCUT2D eigenvalue weighted by Crippen LogP contribution is 2.37. The van der Waals surface area contributed by atoms with Crippen LogP contribution >= 0.6 is 11.6 Å². The quantitative estimate of drug-likeness (QED) is 0.849. The van der Waals surface area contributed by atoms with Crippen molar-refractivity contribution in [2.24, 2.45) is 11.8 Å². The highest BCUT2D eigenvalue weighted by Gasteiger charge is 2.32. The van der Waals surface area contributed by atoms with Crippen LogP contribution in [-0.2, 0) is 0 Å². The van der Waals surface area contributed by atoms with Gasteiger partial charge in [-0.25, -0.2) is 9.78 Å². The molecule has 0 radical (unpaired) electrons. The number of nitrogens with one attached hydrogen (secondary N) is 1. The Labute approximate surface area is 98.6 Å². The Kier molecular flexibility index (Phi) is 3.01. The maximum Gasteiger partial charge on any atom is 0.337 e. The van der Waals surface area contributed by atoms with E-state index in [0.29, 0.717) is 11.7 Å². The minimum Gasteiger partial charge on any atom is -0.478 e. The molecule has 1 saturated carbocycles. The summed E-state index contributed by atoms with van der Waals surface area (Å²) in [6.45, 7) is 2.99. The number of halogens is 1. The number of hydrogen-bond donors (Lipinski definition) is 2. The van der Waals surface area contributed by atoms with E-state index in [-0.39, 0.29) is 10.6 Å². The number of pyridine rings is 1. The van der Waals surface area contributed by atoms with E-state index >= 15 is 0 Å². The van der Waals surface area contributed by atoms with Gasteiger partial charge in [0, 0.05) is 12.7 Å². The molecule has 0 saturated heterocycles. The second kappa shape index (κ2) is 4.29. The number of aromatic carboxylic acids is 1. The van der Waals surface area contributed by atoms with Crippen LogP contribution < -0.4 is 5.32 Å². The van der Waals surface area contributed by atoms with Crippen LogP contribution in [0.1, 0.15) is 23.7 Å². The number of nitrogens with zero attached hydrogens (tertiary/aromatic N) is 1. The average molecular weight is 241 g/mol. The van der Waals surface area contributed by atoms with Crippen molar-refractivity contribution in [2.45, 2.75) is 13.3 Å². The van der Waals surface area contributed by atoms with Crippen LogP contribution in [0.25, 0.3) is 0 Å². The van der Waals surface area contributed by atoms with Crippen LogP contribution in [0.5, 0.6) is 0 Å². The monoisotopic (exact) mass is 240 g/mol. The second-order valence-electron chi connectivity index (χ2n) is 4.18. The third kappa shape index (κ3) is 2.27. The van der Waals surface area contributed by atoms with Crippen molar-refractivity contribution in [2.75, 3.05) is 11.9 Å². The Morgan fingerprint density at radius 2 is 2.44 bits per heavy atom. The minimum atomic E-state index is -1.03. The average Bonchev–Trinajstić information content (AvgIpc) is 2.93. The molecule has 86 valence electrons. The molecule has 1 heterocycles. The summed E-state index contributed by atoms with van der Waals surface area (Å²) in [4.78, 5) is 14.9. The van der Waals surface area contributed by atoms with Gasteiger partial charge < -0.3 is 10.4 Å². The molecule has 0 bridgehead atoms. The van der Waals surface area contributed by atoms with Gasteiger partial charge in [-0.15, -0.1) is 0 Å². The molecule has 2 N–H and O–H groups in total. The van der Waals surface area contributed by atoms with Gasteiger partial charge in [0.2, 0.25) is 0 Å². The summed E-state index contributed by atoms with van der Waals surface area (Å²) >= 11 is 5.94. The van der Waals surface area contributed by atoms with Gasteiger partial charge in [0.25, 0.3) is 0 Å². The lowest BCUT2D eigenvalue weighted by Crippen LogP contribution is -2.08. The molecule has 2 unspecified atom stereocenters. The lowest BCUT2D eigenvalue weighted by Gasteiger charge is -2.08. The number of aromatic nitrogens is 1. The molecule has 16 heavy (non-hydrogen) atoms. The Morgan fingerprint density at radius 1 is 1.75 bits per heavy atom. The van der Waals surface area contributed by atoms with Crippen molar-refractivity contribution in [1.29, 1.82) is 0 Å². The lowest BCUT2D eigenvalue weighted by atomic mass is 10.2. The SMILES string of the molecule is CC1CC1CNc1nccc(C(=O)O)c1Cl. The summed E-state index contributed by atoms with van der Waals surface area (Å²) in [5.41, 5.74) is 0.0861. The van der Waals surface area contributed by atoms with Gasteiger partial charge in [-0.05, 0) is 24.3 Å². The van der Waals surface area contributed by atoms with Gasteiger partial charge in [0.15, 0.2) is 0 Å². The Bertz CT molecular complexity index is 422. The van der Waals surface area contributed by atoms with E-state index in [1.165, 1.54) is 18.7 Å². The molecule has 0 spiro atoms. The third-order valence-corrected chi connectivity index (χ3v) is 3.31. The van der Waals surface area contributed by atoms with Crippen LogP contribution in [0.15, 0.2) is 12.3 Å². The first-order valence-corrected chi connectivity index (χ1v) is 5.59. The van der Waals surface area contributed by atoms with E-state index in [1.807, 2.05) is 0 Å². The number of carboxylic acid groups (broad SMARTS) is 1. The van der Waals surface area contributed by atoms with Gasteiger partial charge in [0.05, 0.1) is 10.6 Å². The highest BCUT2D eigenvalue weighted by molar-refractivity contribution is 6.35. The summed E-state index contributed by atoms with van der Waals surface area (Å²) < 4.78 is 0. The number of anilines is 1. The lowest BCUT2D eigenvalue weighted by molar-refractivity contribution is 0.0697. The number of carbonyl (C=O) groups is 1. The van der Waals surface area contributed by atoms with E-state index in [4.69, 9.17) is 16.7 Å². The zero-order valence-corrected chi connectivity index (χ0v) is 9.66. The predicted molar refractivity (Wildman–Crippen MR) is 62.0 cm³/mol. The van der Waals surface area contributed by atoms with Crippen LogP contribution in [-0.4, -0.2) is 22.6 Å². The molecule has 0 aromatic carbocycles. The first-order chi connectivity index (χ1) is 7.59. The smallest absolute Gasteiger partial charge is 0.337 e. The maximum absolute atomic E-state index is 10.8. The topological polar surface area (TPSA) is 62.2 Å². The van der Waals surface area contributed by atoms with E-state index in [0.717, 1.165) is 12.5 Å². The molecule has 1 aromatic heterocycles. The van der Waals surface area contributed by atoms with Crippen molar-refractivity contribution in [3.05, 3.63) is 22.8 Å². The third-order valence-electron chi connectivity index (χ3n) is 2.93. The van der Waals surface area contributed by atoms with Gasteiger partial charge in [-0.1, -0.05) is 18.5 Å². The highest BCUT2D eigenvalue weighted by atomic mass is 35.5. The molecule has 0 aliphatic heterocycles. The molecule has 2 rings (SSSR count). The normalized spacial score (nSPS) is 22.9. The fourth-order valence-electron chi connectivity index (χ4n) is 1.64. The Morgan fingerprint density at radius 3 is 3.00 bits per heavy atom. The van der Waals surface area contributed by atoms with Gasteiger partial charge in [0.1, 0.15) is 5.82 Å². The standard InChI is InChI=1S/C11H13ClN2O2/c1-6-4-7(6)5-14-10-9(12)8(11(15)16)2-3-13-10/h2-3,6-7H,4-5H2,1H3,(H,13,14)(H,15,16). The van der Waals surface area contributed by atoms with E-state index in [9.17, 15) is 4.79 Å². The molecule has 5 heteroatoms. The summed E-state index contributed by atoms with van der Waals surface area (Å²) in [5, 5.41) is 12.2. The summed E-state index contributed by atoms with van der Waals surface area (Å²) in [6.07, 6.45) is 2.66. The Balaban J connectivity index is 2.08. The molecule has 0 amide bonds. The summed E-state index contributed by atoms with van der Waals surface area (Å²) in [7, 11) is 0. The molecule has 1 aromatic rings. The van der Waals surface area contributed by atoms with Crippen molar-refractivity contribution in [3.63, 3.8) is 0 Å². The van der Waals surface area contributed by atoms with Crippen LogP contribution in [0.3, 0.4) is 0 Å². The van der Waals surface area contributed by atoms with Gasteiger partial charge in [-0.2, -0.15) is 0 Å². The first-order valence-electron chi connectivity index (χ1n) is 5.21. The largest absolute Gasteiger partial charge is 0.478 e. The zero-order chi connectivity index (χ0) is 11.7. The Hall–Kier alpha value is -1.29. The van der Waals surface area contributed by atoms with E-state index in [2.05, 4.69) is 17.2 Å². The van der Waals surface area contributed by atoms with Crippen molar-refractivity contribution in [3.8, 4) is 0 Å². The molecule has 2 atom stereocenters. The van der Waals surface area contributed by atoms with Crippen molar-refractivity contribution < 1.29 is 9.90 Å². The van der Waals surface area contributed by atoms with Crippen molar-refractivity contribution >= 4 is 23.4 Å². The van der Waals surface area contributed by atoms with Crippen LogP contribution in [0.2, 0.25) is 5.02 Å². The predicted octanol–water partition coefficient (Wildman–Crippen LogP) is 2.50. The van der Waals surface area contributed by atoms with Crippen LogP contribution in [0, 0.1) is 11.8 Å². The van der Waals surface area contributed by atoms with Gasteiger partial charge in [-0.3, -0.25) is 0 Å². The summed E-state index contributed by atoms with van der Waals surface area (Å²) in [5.74, 6) is 0.830. The minimum absolute atomic E-state index is 0.0861. The van der Waals surface area contributed by atoms with Crippen LogP contribution in [0.4, 0.5) is 5.82 Å².